The number of anilines is 1. The van der Waals surface area contributed by atoms with E-state index in [9.17, 15) is 4.79 Å². The fourth-order valence-electron chi connectivity index (χ4n) is 2.47. The number of nitrogens with zero attached hydrogens (tertiary/aromatic N) is 1. The molecule has 1 amide bonds. The average molecular weight is 609 g/mol. The highest BCUT2D eigenvalue weighted by Crippen LogP contribution is 2.38. The lowest BCUT2D eigenvalue weighted by Gasteiger charge is -2.14. The number of ether oxygens (including phenoxy) is 2. The van der Waals surface area contributed by atoms with Gasteiger partial charge in [-0.1, -0.05) is 24.0 Å². The standard InChI is InChI=1S/C18H13I2NO3S2/c1-23-13-5-3-12(4-6-13)21-17(22)15(26-18(21)25)8-10-7-11(19)9-14(20)16(10)24-2/h3-9H,1-2H3/b15-8+. The summed E-state index contributed by atoms with van der Waals surface area (Å²) in [5, 5.41) is 0. The van der Waals surface area contributed by atoms with Crippen molar-refractivity contribution < 1.29 is 14.3 Å². The molecule has 0 bridgehead atoms. The lowest BCUT2D eigenvalue weighted by atomic mass is 10.2. The maximum Gasteiger partial charge on any atom is 0.270 e. The summed E-state index contributed by atoms with van der Waals surface area (Å²) in [5.74, 6) is 1.34. The van der Waals surface area contributed by atoms with Gasteiger partial charge in [-0.3, -0.25) is 9.69 Å². The second kappa shape index (κ2) is 8.44. The van der Waals surface area contributed by atoms with E-state index in [-0.39, 0.29) is 5.91 Å². The van der Waals surface area contributed by atoms with Crippen molar-refractivity contribution >= 4 is 91.2 Å². The van der Waals surface area contributed by atoms with Gasteiger partial charge in [0.1, 0.15) is 11.5 Å². The number of hydrogen-bond acceptors (Lipinski definition) is 5. The van der Waals surface area contributed by atoms with Gasteiger partial charge in [0.25, 0.3) is 5.91 Å². The molecule has 0 spiro atoms. The van der Waals surface area contributed by atoms with E-state index in [4.69, 9.17) is 21.7 Å². The van der Waals surface area contributed by atoms with Gasteiger partial charge in [-0.05, 0) is 87.7 Å². The predicted molar refractivity (Wildman–Crippen MR) is 127 cm³/mol. The molecule has 3 rings (SSSR count). The number of hydrogen-bond donors (Lipinski definition) is 0. The van der Waals surface area contributed by atoms with Crippen molar-refractivity contribution in [3.8, 4) is 11.5 Å². The summed E-state index contributed by atoms with van der Waals surface area (Å²) >= 11 is 11.2. The van der Waals surface area contributed by atoms with Crippen LogP contribution in [-0.2, 0) is 4.79 Å². The van der Waals surface area contributed by atoms with Gasteiger partial charge in [0, 0.05) is 9.13 Å². The minimum absolute atomic E-state index is 0.138. The predicted octanol–water partition coefficient (Wildman–Crippen LogP) is 5.32. The molecule has 0 N–H and O–H groups in total. The number of thiocarbonyl (C=S) groups is 1. The maximum atomic E-state index is 12.9. The SMILES string of the molecule is COc1ccc(N2C(=O)/C(=C\c3cc(I)cc(I)c3OC)SC2=S)cc1. The second-order valence-corrected chi connectivity index (χ2v) is 9.31. The molecule has 1 saturated heterocycles. The fraction of sp³-hybridized carbons (Fsp3) is 0.111. The Hall–Kier alpha value is -0.850. The van der Waals surface area contributed by atoms with Gasteiger partial charge in [-0.25, -0.2) is 0 Å². The van der Waals surface area contributed by atoms with Crippen molar-refractivity contribution in [3.05, 3.63) is 54.0 Å². The normalized spacial score (nSPS) is 15.7. The summed E-state index contributed by atoms with van der Waals surface area (Å²) in [6, 6.07) is 11.3. The Labute approximate surface area is 188 Å². The van der Waals surface area contributed by atoms with Crippen molar-refractivity contribution in [2.45, 2.75) is 0 Å². The second-order valence-electron chi connectivity index (χ2n) is 5.23. The van der Waals surface area contributed by atoms with Crippen LogP contribution in [0.25, 0.3) is 6.08 Å². The summed E-state index contributed by atoms with van der Waals surface area (Å²) in [6.07, 6.45) is 1.84. The molecule has 4 nitrogen and oxygen atoms in total. The van der Waals surface area contributed by atoms with Crippen LogP contribution in [0, 0.1) is 7.14 Å². The molecule has 2 aromatic carbocycles. The molecule has 1 fully saturated rings. The zero-order valence-electron chi connectivity index (χ0n) is 13.8. The van der Waals surface area contributed by atoms with Crippen molar-refractivity contribution in [3.63, 3.8) is 0 Å². The lowest BCUT2D eigenvalue weighted by molar-refractivity contribution is -0.113. The van der Waals surface area contributed by atoms with Crippen LogP contribution in [0.4, 0.5) is 5.69 Å². The van der Waals surface area contributed by atoms with Crippen LogP contribution in [0.1, 0.15) is 5.56 Å². The summed E-state index contributed by atoms with van der Waals surface area (Å²) in [6.45, 7) is 0. The van der Waals surface area contributed by atoms with E-state index in [0.29, 0.717) is 9.23 Å². The molecular weight excluding hydrogens is 596 g/mol. The van der Waals surface area contributed by atoms with Crippen molar-refractivity contribution in [1.82, 2.24) is 0 Å². The molecule has 0 unspecified atom stereocenters. The average Bonchev–Trinajstić information content (AvgIpc) is 2.88. The number of amides is 1. The zero-order valence-corrected chi connectivity index (χ0v) is 19.7. The van der Waals surface area contributed by atoms with Crippen molar-refractivity contribution in [1.29, 1.82) is 0 Å². The highest BCUT2D eigenvalue weighted by atomic mass is 127. The molecule has 0 radical (unpaired) electrons. The number of benzene rings is 2. The van der Waals surface area contributed by atoms with Crippen LogP contribution >= 0.6 is 69.2 Å². The highest BCUT2D eigenvalue weighted by molar-refractivity contribution is 14.1. The Kier molecular flexibility index (Phi) is 6.46. The first kappa shape index (κ1) is 19.9. The Morgan fingerprint density at radius 2 is 1.81 bits per heavy atom. The number of carbonyl (C=O) groups excluding carboxylic acids is 1. The van der Waals surface area contributed by atoms with E-state index in [1.807, 2.05) is 42.5 Å². The Morgan fingerprint density at radius 3 is 2.42 bits per heavy atom. The third kappa shape index (κ3) is 4.02. The molecule has 26 heavy (non-hydrogen) atoms. The smallest absolute Gasteiger partial charge is 0.270 e. The van der Waals surface area contributed by atoms with Gasteiger partial charge < -0.3 is 9.47 Å². The summed E-state index contributed by atoms with van der Waals surface area (Å²) < 4.78 is 13.2. The molecule has 134 valence electrons. The van der Waals surface area contributed by atoms with Crippen LogP contribution in [0.2, 0.25) is 0 Å². The molecule has 0 aliphatic carbocycles. The van der Waals surface area contributed by atoms with E-state index < -0.39 is 0 Å². The molecule has 8 heteroatoms. The minimum atomic E-state index is -0.138. The van der Waals surface area contributed by atoms with E-state index >= 15 is 0 Å². The Bertz CT molecular complexity index is 913. The summed E-state index contributed by atoms with van der Waals surface area (Å²) in [7, 11) is 3.23. The number of rotatable bonds is 4. The molecule has 0 atom stereocenters. The third-order valence-corrected chi connectivity index (χ3v) is 6.38. The molecule has 1 heterocycles. The van der Waals surface area contributed by atoms with E-state index in [1.165, 1.54) is 16.7 Å². The van der Waals surface area contributed by atoms with E-state index in [2.05, 4.69) is 45.2 Å². The van der Waals surface area contributed by atoms with Gasteiger partial charge in [0.05, 0.1) is 28.4 Å². The first-order chi connectivity index (χ1) is 12.4. The maximum absolute atomic E-state index is 12.9. The fourth-order valence-corrected chi connectivity index (χ4v) is 5.87. The van der Waals surface area contributed by atoms with Gasteiger partial charge >= 0.3 is 0 Å². The van der Waals surface area contributed by atoms with Crippen LogP contribution < -0.4 is 14.4 Å². The third-order valence-electron chi connectivity index (χ3n) is 3.65. The topological polar surface area (TPSA) is 38.8 Å². The summed E-state index contributed by atoms with van der Waals surface area (Å²) in [5.41, 5.74) is 1.58. The van der Waals surface area contributed by atoms with Gasteiger partial charge in [-0.15, -0.1) is 0 Å². The molecule has 0 saturated carbocycles. The lowest BCUT2D eigenvalue weighted by Crippen LogP contribution is -2.27. The number of carbonyl (C=O) groups is 1. The minimum Gasteiger partial charge on any atom is -0.497 e. The molecular formula is C18H13I2NO3S2. The Morgan fingerprint density at radius 1 is 1.12 bits per heavy atom. The van der Waals surface area contributed by atoms with Crippen LogP contribution in [-0.4, -0.2) is 24.4 Å². The Balaban J connectivity index is 1.97. The van der Waals surface area contributed by atoms with Crippen LogP contribution in [0.5, 0.6) is 11.5 Å². The number of methoxy groups -OCH3 is 2. The van der Waals surface area contributed by atoms with Crippen molar-refractivity contribution in [2.75, 3.05) is 19.1 Å². The largest absolute Gasteiger partial charge is 0.497 e. The molecule has 1 aliphatic heterocycles. The number of thioether (sulfide) groups is 1. The first-order valence-corrected chi connectivity index (χ1v) is 10.8. The first-order valence-electron chi connectivity index (χ1n) is 7.39. The quantitative estimate of drug-likeness (QED) is 0.267. The monoisotopic (exact) mass is 609 g/mol. The van der Waals surface area contributed by atoms with E-state index in [0.717, 1.165) is 29.9 Å². The van der Waals surface area contributed by atoms with E-state index in [1.54, 1.807) is 14.2 Å². The van der Waals surface area contributed by atoms with Crippen LogP contribution in [0.3, 0.4) is 0 Å². The summed E-state index contributed by atoms with van der Waals surface area (Å²) in [4.78, 5) is 15.0. The van der Waals surface area contributed by atoms with Gasteiger partial charge in [0.2, 0.25) is 0 Å². The van der Waals surface area contributed by atoms with Crippen LogP contribution in [0.15, 0.2) is 41.3 Å². The molecule has 1 aliphatic rings. The van der Waals surface area contributed by atoms with Gasteiger partial charge in [-0.2, -0.15) is 0 Å². The highest BCUT2D eigenvalue weighted by Gasteiger charge is 2.33. The molecule has 0 aromatic heterocycles. The van der Waals surface area contributed by atoms with Gasteiger partial charge in [0.15, 0.2) is 4.32 Å². The van der Waals surface area contributed by atoms with Crippen molar-refractivity contribution in [2.24, 2.45) is 0 Å². The molecule has 2 aromatic rings. The zero-order chi connectivity index (χ0) is 18.8. The number of halogens is 2.